The summed E-state index contributed by atoms with van der Waals surface area (Å²) < 4.78 is 0. The van der Waals surface area contributed by atoms with Crippen molar-refractivity contribution in [3.05, 3.63) is 77.0 Å². The molecule has 2 N–H and O–H groups in total. The fraction of sp³-hybridized carbons (Fsp3) is 0.333. The first-order valence-corrected chi connectivity index (χ1v) is 11.9. The van der Waals surface area contributed by atoms with Crippen LogP contribution in [0.1, 0.15) is 61.9 Å². The number of carbonyl (C=O) groups is 1. The van der Waals surface area contributed by atoms with Gasteiger partial charge in [-0.3, -0.25) is 9.78 Å². The van der Waals surface area contributed by atoms with E-state index >= 15 is 0 Å². The van der Waals surface area contributed by atoms with Gasteiger partial charge in [-0.2, -0.15) is 0 Å². The summed E-state index contributed by atoms with van der Waals surface area (Å²) in [7, 11) is 0. The Kier molecular flexibility index (Phi) is 5.25. The lowest BCUT2D eigenvalue weighted by Gasteiger charge is -2.18. The predicted octanol–water partition coefficient (Wildman–Crippen LogP) is 6.60. The van der Waals surface area contributed by atoms with E-state index in [1.54, 1.807) is 20.8 Å². The SMILES string of the molecule is CC(C)(C)O.Cc1nc2ccccc2c(-c2ccc3c4c(cccc24)C2C(C)C32)c1CC(=O)O. The Morgan fingerprint density at radius 3 is 2.24 bits per heavy atom. The lowest BCUT2D eigenvalue weighted by Crippen LogP contribution is -2.10. The van der Waals surface area contributed by atoms with Crippen molar-refractivity contribution in [1.29, 1.82) is 0 Å². The Hall–Kier alpha value is -3.24. The molecule has 174 valence electrons. The average molecular weight is 454 g/mol. The molecule has 0 bridgehead atoms. The minimum atomic E-state index is -0.826. The topological polar surface area (TPSA) is 70.4 Å². The quantitative estimate of drug-likeness (QED) is 0.367. The Morgan fingerprint density at radius 2 is 1.56 bits per heavy atom. The highest BCUT2D eigenvalue weighted by atomic mass is 16.4. The molecule has 3 unspecified atom stereocenters. The molecule has 2 aliphatic rings. The summed E-state index contributed by atoms with van der Waals surface area (Å²) in [6, 6.07) is 19.2. The van der Waals surface area contributed by atoms with Gasteiger partial charge in [0.25, 0.3) is 0 Å². The molecule has 0 amide bonds. The summed E-state index contributed by atoms with van der Waals surface area (Å²) in [6.45, 7) is 9.49. The Bertz CT molecular complexity index is 1430. The number of fused-ring (bicyclic) bond motifs is 4. The highest BCUT2D eigenvalue weighted by molar-refractivity contribution is 6.09. The molecule has 0 radical (unpaired) electrons. The zero-order valence-electron chi connectivity index (χ0n) is 20.4. The van der Waals surface area contributed by atoms with E-state index in [0.717, 1.165) is 39.2 Å². The van der Waals surface area contributed by atoms with Gasteiger partial charge in [0.1, 0.15) is 0 Å². The predicted molar refractivity (Wildman–Crippen MR) is 137 cm³/mol. The van der Waals surface area contributed by atoms with E-state index < -0.39 is 11.6 Å². The van der Waals surface area contributed by atoms with E-state index in [9.17, 15) is 9.90 Å². The van der Waals surface area contributed by atoms with Crippen LogP contribution >= 0.6 is 0 Å². The number of hydrogen-bond donors (Lipinski definition) is 2. The minimum Gasteiger partial charge on any atom is -0.481 e. The van der Waals surface area contributed by atoms with Gasteiger partial charge in [0, 0.05) is 11.1 Å². The average Bonchev–Trinajstić information content (AvgIpc) is 3.28. The molecule has 4 heteroatoms. The Morgan fingerprint density at radius 1 is 0.941 bits per heavy atom. The van der Waals surface area contributed by atoms with Crippen LogP contribution in [-0.4, -0.2) is 26.8 Å². The van der Waals surface area contributed by atoms with Crippen LogP contribution in [0.2, 0.25) is 0 Å². The van der Waals surface area contributed by atoms with Gasteiger partial charge in [0.2, 0.25) is 0 Å². The molecular formula is C30H31NO3. The molecule has 0 aliphatic heterocycles. The monoisotopic (exact) mass is 453 g/mol. The maximum atomic E-state index is 11.7. The maximum Gasteiger partial charge on any atom is 0.307 e. The van der Waals surface area contributed by atoms with Gasteiger partial charge in [-0.1, -0.05) is 55.5 Å². The minimum absolute atomic E-state index is 0.0236. The second kappa shape index (κ2) is 7.92. The van der Waals surface area contributed by atoms with Crippen LogP contribution in [0.3, 0.4) is 0 Å². The lowest BCUT2D eigenvalue weighted by atomic mass is 9.87. The lowest BCUT2D eigenvalue weighted by molar-refractivity contribution is -0.136. The van der Waals surface area contributed by atoms with Crippen molar-refractivity contribution in [2.75, 3.05) is 0 Å². The summed E-state index contributed by atoms with van der Waals surface area (Å²) in [5, 5.41) is 21.8. The number of benzene rings is 3. The third-order valence-corrected chi connectivity index (χ3v) is 7.00. The van der Waals surface area contributed by atoms with Crippen LogP contribution in [0, 0.1) is 12.8 Å². The second-order valence-electron chi connectivity index (χ2n) is 10.7. The smallest absolute Gasteiger partial charge is 0.307 e. The van der Waals surface area contributed by atoms with Crippen molar-refractivity contribution in [1.82, 2.24) is 4.98 Å². The summed E-state index contributed by atoms with van der Waals surface area (Å²) >= 11 is 0. The molecule has 1 fully saturated rings. The third kappa shape index (κ3) is 3.76. The molecule has 3 atom stereocenters. The highest BCUT2D eigenvalue weighted by Gasteiger charge is 2.53. The van der Waals surface area contributed by atoms with Gasteiger partial charge < -0.3 is 10.2 Å². The number of para-hydroxylation sites is 1. The molecule has 1 saturated carbocycles. The van der Waals surface area contributed by atoms with E-state index in [2.05, 4.69) is 43.3 Å². The van der Waals surface area contributed by atoms with Crippen molar-refractivity contribution in [3.63, 3.8) is 0 Å². The molecule has 1 aromatic heterocycles. The van der Waals surface area contributed by atoms with Gasteiger partial charge in [-0.25, -0.2) is 0 Å². The first kappa shape index (κ1) is 22.5. The molecule has 3 aromatic carbocycles. The van der Waals surface area contributed by atoms with Crippen LogP contribution in [0.25, 0.3) is 32.8 Å². The number of rotatable bonds is 3. The Labute approximate surface area is 200 Å². The second-order valence-corrected chi connectivity index (χ2v) is 10.7. The number of aromatic nitrogens is 1. The van der Waals surface area contributed by atoms with E-state index in [1.165, 1.54) is 21.9 Å². The molecule has 4 nitrogen and oxygen atoms in total. The summed E-state index contributed by atoms with van der Waals surface area (Å²) in [5.74, 6) is 1.20. The fourth-order valence-corrected chi connectivity index (χ4v) is 5.70. The molecule has 6 rings (SSSR count). The number of aliphatic hydroxyl groups is 1. The van der Waals surface area contributed by atoms with E-state index in [4.69, 9.17) is 10.1 Å². The van der Waals surface area contributed by atoms with Crippen molar-refractivity contribution < 1.29 is 15.0 Å². The summed E-state index contributed by atoms with van der Waals surface area (Å²) in [4.78, 5) is 16.4. The van der Waals surface area contributed by atoms with Crippen LogP contribution in [0.4, 0.5) is 0 Å². The number of nitrogens with zero attached hydrogens (tertiary/aromatic N) is 1. The first-order valence-electron chi connectivity index (χ1n) is 11.9. The number of carboxylic acids is 1. The number of pyridine rings is 1. The van der Waals surface area contributed by atoms with Gasteiger partial charge >= 0.3 is 5.97 Å². The van der Waals surface area contributed by atoms with Crippen molar-refractivity contribution in [2.45, 2.75) is 58.5 Å². The largest absolute Gasteiger partial charge is 0.481 e. The molecule has 2 aliphatic carbocycles. The summed E-state index contributed by atoms with van der Waals surface area (Å²) in [5.41, 5.74) is 7.09. The van der Waals surface area contributed by atoms with Crippen LogP contribution < -0.4 is 0 Å². The van der Waals surface area contributed by atoms with Gasteiger partial charge in [-0.15, -0.1) is 0 Å². The molecule has 0 saturated heterocycles. The van der Waals surface area contributed by atoms with E-state index in [1.807, 2.05) is 25.1 Å². The van der Waals surface area contributed by atoms with Crippen LogP contribution in [0.5, 0.6) is 0 Å². The first-order chi connectivity index (χ1) is 16.1. The number of aryl methyl sites for hydroxylation is 1. The standard InChI is InChI=1S/C26H21NO2.C4H10O/c1-13-23-18-8-5-7-15-16(10-11-19(24(13)23)26(15)18)25-17-6-3-4-9-21(17)27-14(2)20(25)12-22(28)29;1-4(2,3)5/h3-11,13,23-24H,12H2,1-2H3,(H,28,29);5H,1-3H3. The summed E-state index contributed by atoms with van der Waals surface area (Å²) in [6.07, 6.45) is -0.0236. The fourth-order valence-electron chi connectivity index (χ4n) is 5.70. The van der Waals surface area contributed by atoms with Gasteiger partial charge in [0.15, 0.2) is 0 Å². The number of carboxylic acid groups (broad SMARTS) is 1. The van der Waals surface area contributed by atoms with Crippen molar-refractivity contribution in [2.24, 2.45) is 5.92 Å². The Balaban J connectivity index is 0.000000439. The van der Waals surface area contributed by atoms with E-state index in [-0.39, 0.29) is 6.42 Å². The van der Waals surface area contributed by atoms with Gasteiger partial charge in [0.05, 0.1) is 17.5 Å². The zero-order valence-corrected chi connectivity index (χ0v) is 20.4. The molecule has 4 aromatic rings. The molecule has 34 heavy (non-hydrogen) atoms. The highest BCUT2D eigenvalue weighted by Crippen LogP contribution is 2.67. The molecule has 1 heterocycles. The van der Waals surface area contributed by atoms with Crippen LogP contribution in [0.15, 0.2) is 54.6 Å². The zero-order chi connectivity index (χ0) is 24.4. The van der Waals surface area contributed by atoms with Crippen LogP contribution in [-0.2, 0) is 11.2 Å². The third-order valence-electron chi connectivity index (χ3n) is 7.00. The molecular weight excluding hydrogens is 422 g/mol. The maximum absolute atomic E-state index is 11.7. The normalized spacial score (nSPS) is 20.1. The molecule has 0 spiro atoms. The van der Waals surface area contributed by atoms with Crippen molar-refractivity contribution in [3.8, 4) is 11.1 Å². The van der Waals surface area contributed by atoms with Crippen molar-refractivity contribution >= 4 is 27.6 Å². The number of hydrogen-bond acceptors (Lipinski definition) is 3. The number of aliphatic carboxylic acids is 1. The van der Waals surface area contributed by atoms with Gasteiger partial charge in [-0.05, 0) is 90.1 Å². The van der Waals surface area contributed by atoms with E-state index in [0.29, 0.717) is 11.8 Å².